The van der Waals surface area contributed by atoms with Crippen molar-refractivity contribution < 1.29 is 14.3 Å². The number of nitrogens with one attached hydrogen (secondary N) is 2. The number of hydrogen-bond donors (Lipinski definition) is 3. The van der Waals surface area contributed by atoms with Gasteiger partial charge in [0.2, 0.25) is 5.91 Å². The van der Waals surface area contributed by atoms with E-state index in [-0.39, 0.29) is 10.9 Å². The number of phenols is 1. The molecule has 0 radical (unpaired) electrons. The first kappa shape index (κ1) is 21.9. The summed E-state index contributed by atoms with van der Waals surface area (Å²) in [5.41, 5.74) is 3.01. The number of furan rings is 1. The molecule has 3 rings (SSSR count). The standard InChI is InChI=1S/C22H18Cl2N2O3S/c1-12-10-17(18(27)11-13(12)2)25-22(30)26-20(28)9-7-14-6-8-19(29-14)15-4-3-5-16(23)21(15)24/h3-11,27H,1-2H3,(H2,25,26,28,30)/b9-7+. The van der Waals surface area contributed by atoms with Gasteiger partial charge in [0.1, 0.15) is 17.3 Å². The predicted octanol–water partition coefficient (Wildman–Crippen LogP) is 6.10. The van der Waals surface area contributed by atoms with Crippen molar-refractivity contribution in [1.29, 1.82) is 0 Å². The van der Waals surface area contributed by atoms with E-state index >= 15 is 0 Å². The number of anilines is 1. The lowest BCUT2D eigenvalue weighted by molar-refractivity contribution is -0.115. The predicted molar refractivity (Wildman–Crippen MR) is 125 cm³/mol. The summed E-state index contributed by atoms with van der Waals surface area (Å²) < 4.78 is 5.71. The average molecular weight is 461 g/mol. The highest BCUT2D eigenvalue weighted by molar-refractivity contribution is 7.80. The first-order valence-electron chi connectivity index (χ1n) is 8.89. The third-order valence-electron chi connectivity index (χ3n) is 4.34. The van der Waals surface area contributed by atoms with Crippen LogP contribution in [0, 0.1) is 13.8 Å². The van der Waals surface area contributed by atoms with Gasteiger partial charge in [0.05, 0.1) is 15.7 Å². The molecule has 0 atom stereocenters. The van der Waals surface area contributed by atoms with E-state index in [1.54, 1.807) is 42.5 Å². The lowest BCUT2D eigenvalue weighted by Crippen LogP contribution is -2.32. The summed E-state index contributed by atoms with van der Waals surface area (Å²) in [5.74, 6) is 0.592. The van der Waals surface area contributed by atoms with Gasteiger partial charge in [-0.25, -0.2) is 0 Å². The van der Waals surface area contributed by atoms with E-state index in [9.17, 15) is 9.90 Å². The lowest BCUT2D eigenvalue weighted by atomic mass is 10.1. The minimum Gasteiger partial charge on any atom is -0.506 e. The molecule has 1 amide bonds. The van der Waals surface area contributed by atoms with Crippen molar-refractivity contribution in [2.24, 2.45) is 0 Å². The number of carbonyl (C=O) groups is 1. The quantitative estimate of drug-likeness (QED) is 0.249. The summed E-state index contributed by atoms with van der Waals surface area (Å²) in [4.78, 5) is 12.1. The van der Waals surface area contributed by atoms with Gasteiger partial charge >= 0.3 is 0 Å². The molecule has 0 aliphatic rings. The van der Waals surface area contributed by atoms with E-state index < -0.39 is 5.91 Å². The van der Waals surface area contributed by atoms with E-state index in [1.807, 2.05) is 13.8 Å². The van der Waals surface area contributed by atoms with Crippen molar-refractivity contribution in [3.63, 3.8) is 0 Å². The first-order valence-corrected chi connectivity index (χ1v) is 10.1. The Hall–Kier alpha value is -2.80. The second kappa shape index (κ2) is 9.34. The highest BCUT2D eigenvalue weighted by Gasteiger charge is 2.11. The zero-order valence-corrected chi connectivity index (χ0v) is 18.5. The minimum atomic E-state index is -0.449. The van der Waals surface area contributed by atoms with Crippen LogP contribution < -0.4 is 10.6 Å². The third kappa shape index (κ3) is 5.21. The number of amides is 1. The first-order chi connectivity index (χ1) is 14.2. The number of rotatable bonds is 4. The summed E-state index contributed by atoms with van der Waals surface area (Å²) in [6.07, 6.45) is 2.80. The summed E-state index contributed by atoms with van der Waals surface area (Å²) in [5, 5.41) is 16.2. The molecule has 0 aliphatic carbocycles. The molecule has 0 unspecified atom stereocenters. The molecule has 154 valence electrons. The molecule has 0 spiro atoms. The summed E-state index contributed by atoms with van der Waals surface area (Å²) in [6.45, 7) is 3.81. The Balaban J connectivity index is 1.63. The SMILES string of the molecule is Cc1cc(O)c(NC(=S)NC(=O)/C=C/c2ccc(-c3cccc(Cl)c3Cl)o2)cc1C. The van der Waals surface area contributed by atoms with Gasteiger partial charge in [-0.3, -0.25) is 10.1 Å². The van der Waals surface area contributed by atoms with E-state index in [2.05, 4.69) is 10.6 Å². The Labute approximate surface area is 189 Å². The molecule has 0 saturated heterocycles. The molecule has 8 heteroatoms. The van der Waals surface area contributed by atoms with Crippen LogP contribution in [0.4, 0.5) is 5.69 Å². The van der Waals surface area contributed by atoms with E-state index in [0.717, 1.165) is 11.1 Å². The van der Waals surface area contributed by atoms with E-state index in [1.165, 1.54) is 12.2 Å². The monoisotopic (exact) mass is 460 g/mol. The largest absolute Gasteiger partial charge is 0.506 e. The molecule has 5 nitrogen and oxygen atoms in total. The van der Waals surface area contributed by atoms with Gasteiger partial charge in [-0.15, -0.1) is 0 Å². The Kier molecular flexibility index (Phi) is 6.82. The van der Waals surface area contributed by atoms with Crippen LogP contribution in [0.3, 0.4) is 0 Å². The number of thiocarbonyl (C=S) groups is 1. The molecule has 0 fully saturated rings. The molecule has 0 aliphatic heterocycles. The zero-order valence-electron chi connectivity index (χ0n) is 16.1. The van der Waals surface area contributed by atoms with E-state index in [0.29, 0.717) is 32.8 Å². The molecule has 0 saturated carbocycles. The number of hydrogen-bond acceptors (Lipinski definition) is 4. The fourth-order valence-electron chi connectivity index (χ4n) is 2.65. The highest BCUT2D eigenvalue weighted by atomic mass is 35.5. The fraction of sp³-hybridized carbons (Fsp3) is 0.0909. The van der Waals surface area contributed by atoms with Crippen molar-refractivity contribution in [1.82, 2.24) is 5.32 Å². The Bertz CT molecular complexity index is 1160. The van der Waals surface area contributed by atoms with E-state index in [4.69, 9.17) is 39.8 Å². The van der Waals surface area contributed by atoms with Crippen molar-refractivity contribution in [3.05, 3.63) is 75.5 Å². The second-order valence-electron chi connectivity index (χ2n) is 6.53. The average Bonchev–Trinajstić information content (AvgIpc) is 3.15. The number of aromatic hydroxyl groups is 1. The van der Waals surface area contributed by atoms with Gasteiger partial charge in [0.15, 0.2) is 5.11 Å². The number of halogens is 2. The molecular formula is C22H18Cl2N2O3S. The van der Waals surface area contributed by atoms with Crippen LogP contribution >= 0.6 is 35.4 Å². The molecule has 2 aromatic carbocycles. The van der Waals surface area contributed by atoms with Gasteiger partial charge in [0, 0.05) is 11.6 Å². The van der Waals surface area contributed by atoms with Gasteiger partial charge < -0.3 is 14.8 Å². The van der Waals surface area contributed by atoms with Gasteiger partial charge in [-0.05, 0) is 79.7 Å². The number of benzene rings is 2. The van der Waals surface area contributed by atoms with Crippen LogP contribution in [0.2, 0.25) is 10.0 Å². The smallest absolute Gasteiger partial charge is 0.250 e. The normalized spacial score (nSPS) is 10.9. The van der Waals surface area contributed by atoms with Crippen LogP contribution in [0.25, 0.3) is 17.4 Å². The number of carbonyl (C=O) groups excluding carboxylic acids is 1. The Morgan fingerprint density at radius 1 is 1.13 bits per heavy atom. The summed E-state index contributed by atoms with van der Waals surface area (Å²) in [7, 11) is 0. The Morgan fingerprint density at radius 2 is 1.87 bits per heavy atom. The molecule has 30 heavy (non-hydrogen) atoms. The summed E-state index contributed by atoms with van der Waals surface area (Å²) in [6, 6.07) is 12.1. The molecule has 1 aromatic heterocycles. The van der Waals surface area contributed by atoms with Crippen LogP contribution in [-0.4, -0.2) is 16.1 Å². The van der Waals surface area contributed by atoms with Gasteiger partial charge in [-0.1, -0.05) is 29.3 Å². The second-order valence-corrected chi connectivity index (χ2v) is 7.73. The van der Waals surface area contributed by atoms with Gasteiger partial charge in [0.25, 0.3) is 0 Å². The maximum atomic E-state index is 12.1. The van der Waals surface area contributed by atoms with Crippen molar-refractivity contribution >= 4 is 58.2 Å². The maximum absolute atomic E-state index is 12.1. The summed E-state index contributed by atoms with van der Waals surface area (Å²) >= 11 is 17.4. The van der Waals surface area contributed by atoms with Crippen LogP contribution in [-0.2, 0) is 4.79 Å². The zero-order chi connectivity index (χ0) is 21.8. The van der Waals surface area contributed by atoms with Crippen molar-refractivity contribution in [3.8, 4) is 17.1 Å². The number of aryl methyl sites for hydroxylation is 2. The topological polar surface area (TPSA) is 74.5 Å². The minimum absolute atomic E-state index is 0.0491. The van der Waals surface area contributed by atoms with Crippen LogP contribution in [0.1, 0.15) is 16.9 Å². The third-order valence-corrected chi connectivity index (χ3v) is 5.36. The van der Waals surface area contributed by atoms with Crippen molar-refractivity contribution in [2.75, 3.05) is 5.32 Å². The van der Waals surface area contributed by atoms with Crippen LogP contribution in [0.15, 0.2) is 53.0 Å². The molecular weight excluding hydrogens is 443 g/mol. The van der Waals surface area contributed by atoms with Crippen molar-refractivity contribution in [2.45, 2.75) is 13.8 Å². The number of phenolic OH excluding ortho intramolecular Hbond substituents is 1. The highest BCUT2D eigenvalue weighted by Crippen LogP contribution is 2.34. The lowest BCUT2D eigenvalue weighted by Gasteiger charge is -2.12. The fourth-order valence-corrected chi connectivity index (χ4v) is 3.25. The molecule has 0 bridgehead atoms. The molecule has 1 heterocycles. The maximum Gasteiger partial charge on any atom is 0.250 e. The van der Waals surface area contributed by atoms with Crippen LogP contribution in [0.5, 0.6) is 5.75 Å². The molecule has 3 aromatic rings. The van der Waals surface area contributed by atoms with Gasteiger partial charge in [-0.2, -0.15) is 0 Å². The molecule has 3 N–H and O–H groups in total. The Morgan fingerprint density at radius 3 is 2.63 bits per heavy atom.